The zero-order chi connectivity index (χ0) is 25.9. The van der Waals surface area contributed by atoms with E-state index in [9.17, 15) is 18.0 Å². The van der Waals surface area contributed by atoms with Crippen LogP contribution < -0.4 is 4.74 Å². The summed E-state index contributed by atoms with van der Waals surface area (Å²) in [4.78, 5) is 12.3. The lowest BCUT2D eigenvalue weighted by atomic mass is 9.77. The van der Waals surface area contributed by atoms with E-state index in [2.05, 4.69) is 6.92 Å². The molecule has 0 amide bonds. The highest BCUT2D eigenvalue weighted by atomic mass is 19.1. The Morgan fingerprint density at radius 2 is 1.50 bits per heavy atom. The zero-order valence-corrected chi connectivity index (χ0v) is 21.1. The van der Waals surface area contributed by atoms with E-state index in [1.54, 1.807) is 6.07 Å². The van der Waals surface area contributed by atoms with E-state index >= 15 is 0 Å². The van der Waals surface area contributed by atoms with Crippen LogP contribution in [-0.2, 0) is 6.42 Å². The van der Waals surface area contributed by atoms with Crippen LogP contribution in [-0.4, -0.2) is 5.97 Å². The van der Waals surface area contributed by atoms with Crippen molar-refractivity contribution < 1.29 is 22.7 Å². The molecular weight excluding hydrogens is 463 g/mol. The highest BCUT2D eigenvalue weighted by Crippen LogP contribution is 2.34. The molecule has 0 heterocycles. The first kappa shape index (κ1) is 27.8. The number of unbranched alkanes of at least 4 members (excludes halogenated alkanes) is 5. The Bertz CT molecular complexity index is 1030. The standard InChI is InChI=1S/C30H36F3NO2/c1-2-3-4-5-6-7-8-21-9-11-22(12-10-21)13-14-23-15-16-25(27(31)17-23)30(35)36-24-18-28(32)26(20-34)29(33)19-24/h15-19,21-22H,2-14H2,1H3. The third-order valence-corrected chi connectivity index (χ3v) is 7.36. The van der Waals surface area contributed by atoms with E-state index in [-0.39, 0.29) is 5.56 Å². The van der Waals surface area contributed by atoms with E-state index in [4.69, 9.17) is 10.00 Å². The molecule has 36 heavy (non-hydrogen) atoms. The lowest BCUT2D eigenvalue weighted by molar-refractivity contribution is 0.0729. The fourth-order valence-electron chi connectivity index (χ4n) is 5.15. The number of nitriles is 1. The Morgan fingerprint density at radius 3 is 2.11 bits per heavy atom. The van der Waals surface area contributed by atoms with Gasteiger partial charge in [0, 0.05) is 12.1 Å². The normalized spacial score (nSPS) is 17.5. The largest absolute Gasteiger partial charge is 0.423 e. The Labute approximate surface area is 212 Å². The first-order valence-electron chi connectivity index (χ1n) is 13.3. The van der Waals surface area contributed by atoms with Gasteiger partial charge in [-0.3, -0.25) is 0 Å². The number of ether oxygens (including phenoxy) is 1. The molecule has 1 aliphatic rings. The van der Waals surface area contributed by atoms with E-state index in [0.717, 1.165) is 36.5 Å². The molecule has 0 spiro atoms. The van der Waals surface area contributed by atoms with E-state index in [0.29, 0.717) is 5.92 Å². The van der Waals surface area contributed by atoms with Gasteiger partial charge < -0.3 is 4.74 Å². The smallest absolute Gasteiger partial charge is 0.346 e. The number of esters is 1. The Balaban J connectivity index is 1.43. The molecule has 0 N–H and O–H groups in total. The molecule has 0 aliphatic heterocycles. The third-order valence-electron chi connectivity index (χ3n) is 7.36. The van der Waals surface area contributed by atoms with Gasteiger partial charge in [-0.15, -0.1) is 0 Å². The molecule has 1 saturated carbocycles. The predicted molar refractivity (Wildman–Crippen MR) is 134 cm³/mol. The van der Waals surface area contributed by atoms with Crippen LogP contribution in [0.5, 0.6) is 5.75 Å². The van der Waals surface area contributed by atoms with Gasteiger partial charge in [0.15, 0.2) is 0 Å². The molecule has 2 aromatic rings. The Kier molecular flexibility index (Phi) is 10.8. The number of hydrogen-bond donors (Lipinski definition) is 0. The van der Waals surface area contributed by atoms with Crippen LogP contribution in [0.3, 0.4) is 0 Å². The van der Waals surface area contributed by atoms with Crippen LogP contribution in [0.1, 0.15) is 105 Å². The lowest BCUT2D eigenvalue weighted by Crippen LogP contribution is -2.15. The summed E-state index contributed by atoms with van der Waals surface area (Å²) in [5.74, 6) is -2.99. The summed E-state index contributed by atoms with van der Waals surface area (Å²) < 4.78 is 47.0. The summed E-state index contributed by atoms with van der Waals surface area (Å²) in [5, 5.41) is 8.73. The van der Waals surface area contributed by atoms with Crippen LogP contribution in [0.15, 0.2) is 30.3 Å². The molecular formula is C30H36F3NO2. The summed E-state index contributed by atoms with van der Waals surface area (Å²) in [5.41, 5.74) is -0.260. The Morgan fingerprint density at radius 1 is 0.889 bits per heavy atom. The van der Waals surface area contributed by atoms with Gasteiger partial charge in [0.25, 0.3) is 0 Å². The zero-order valence-electron chi connectivity index (χ0n) is 21.1. The number of carbonyl (C=O) groups excluding carboxylic acids is 1. The van der Waals surface area contributed by atoms with Gasteiger partial charge in [-0.2, -0.15) is 5.26 Å². The van der Waals surface area contributed by atoms with Gasteiger partial charge >= 0.3 is 5.97 Å². The fourth-order valence-corrected chi connectivity index (χ4v) is 5.15. The number of rotatable bonds is 12. The molecule has 0 atom stereocenters. The first-order valence-corrected chi connectivity index (χ1v) is 13.3. The van der Waals surface area contributed by atoms with Crippen molar-refractivity contribution in [1.29, 1.82) is 5.26 Å². The quantitative estimate of drug-likeness (QED) is 0.167. The minimum atomic E-state index is -1.15. The molecule has 1 fully saturated rings. The topological polar surface area (TPSA) is 50.1 Å². The molecule has 0 aromatic heterocycles. The molecule has 2 aromatic carbocycles. The summed E-state index contributed by atoms with van der Waals surface area (Å²) in [6, 6.07) is 7.23. The highest BCUT2D eigenvalue weighted by molar-refractivity contribution is 5.91. The van der Waals surface area contributed by atoms with Crippen LogP contribution in [0, 0.1) is 40.6 Å². The maximum atomic E-state index is 14.6. The van der Waals surface area contributed by atoms with Crippen molar-refractivity contribution in [3.05, 3.63) is 64.5 Å². The molecule has 0 unspecified atom stereocenters. The predicted octanol–water partition coefficient (Wildman–Crippen LogP) is 8.68. The summed E-state index contributed by atoms with van der Waals surface area (Å²) in [6.07, 6.45) is 16.2. The van der Waals surface area contributed by atoms with Crippen molar-refractivity contribution >= 4 is 5.97 Å². The van der Waals surface area contributed by atoms with Gasteiger partial charge in [-0.05, 0) is 42.4 Å². The second kappa shape index (κ2) is 14.1. The van der Waals surface area contributed by atoms with Crippen molar-refractivity contribution in [1.82, 2.24) is 0 Å². The molecule has 0 bridgehead atoms. The molecule has 194 valence electrons. The average Bonchev–Trinajstić information content (AvgIpc) is 2.85. The van der Waals surface area contributed by atoms with E-state index in [1.165, 1.54) is 88.8 Å². The minimum Gasteiger partial charge on any atom is -0.423 e. The van der Waals surface area contributed by atoms with Crippen LogP contribution in [0.2, 0.25) is 0 Å². The van der Waals surface area contributed by atoms with Gasteiger partial charge in [-0.25, -0.2) is 18.0 Å². The van der Waals surface area contributed by atoms with Crippen LogP contribution >= 0.6 is 0 Å². The second-order valence-electron chi connectivity index (χ2n) is 10.1. The molecule has 0 saturated heterocycles. The number of benzene rings is 2. The number of nitrogens with zero attached hydrogens (tertiary/aromatic N) is 1. The second-order valence-corrected chi connectivity index (χ2v) is 10.1. The first-order chi connectivity index (χ1) is 17.4. The summed E-state index contributed by atoms with van der Waals surface area (Å²) in [6.45, 7) is 2.25. The van der Waals surface area contributed by atoms with Crippen LogP contribution in [0.4, 0.5) is 13.2 Å². The van der Waals surface area contributed by atoms with E-state index < -0.39 is 34.7 Å². The van der Waals surface area contributed by atoms with Gasteiger partial charge in [-0.1, -0.05) is 83.6 Å². The maximum Gasteiger partial charge on any atom is 0.346 e. The lowest BCUT2D eigenvalue weighted by Gasteiger charge is -2.28. The Hall–Kier alpha value is -2.81. The minimum absolute atomic E-state index is 0.306. The fraction of sp³-hybridized carbons (Fsp3) is 0.533. The monoisotopic (exact) mass is 499 g/mol. The van der Waals surface area contributed by atoms with Gasteiger partial charge in [0.2, 0.25) is 0 Å². The number of aryl methyl sites for hydroxylation is 1. The SMILES string of the molecule is CCCCCCCCC1CCC(CCc2ccc(C(=O)Oc3cc(F)c(C#N)c(F)c3)c(F)c2)CC1. The van der Waals surface area contributed by atoms with Crippen LogP contribution in [0.25, 0.3) is 0 Å². The molecule has 0 radical (unpaired) electrons. The highest BCUT2D eigenvalue weighted by Gasteiger charge is 2.22. The average molecular weight is 500 g/mol. The number of carbonyl (C=O) groups is 1. The van der Waals surface area contributed by atoms with Crippen molar-refractivity contribution in [2.45, 2.75) is 90.4 Å². The van der Waals surface area contributed by atoms with Gasteiger partial charge in [0.05, 0.1) is 5.56 Å². The molecule has 3 rings (SSSR count). The third kappa shape index (κ3) is 8.11. The maximum absolute atomic E-state index is 14.6. The van der Waals surface area contributed by atoms with Crippen molar-refractivity contribution in [2.75, 3.05) is 0 Å². The van der Waals surface area contributed by atoms with Crippen molar-refractivity contribution in [3.8, 4) is 11.8 Å². The van der Waals surface area contributed by atoms with Crippen molar-refractivity contribution in [3.63, 3.8) is 0 Å². The van der Waals surface area contributed by atoms with Gasteiger partial charge in [0.1, 0.15) is 34.8 Å². The molecule has 6 heteroatoms. The number of hydrogen-bond acceptors (Lipinski definition) is 3. The molecule has 3 nitrogen and oxygen atoms in total. The summed E-state index contributed by atoms with van der Waals surface area (Å²) >= 11 is 0. The van der Waals surface area contributed by atoms with E-state index in [1.807, 2.05) is 0 Å². The number of halogens is 3. The molecule has 1 aliphatic carbocycles. The summed E-state index contributed by atoms with van der Waals surface area (Å²) in [7, 11) is 0. The van der Waals surface area contributed by atoms with Crippen molar-refractivity contribution in [2.24, 2.45) is 11.8 Å².